The smallest absolute Gasteiger partial charge is 0.442 e. The third-order valence-corrected chi connectivity index (χ3v) is 2.78. The molecule has 2 rings (SSSR count). The first-order chi connectivity index (χ1) is 9.56. The van der Waals surface area contributed by atoms with Gasteiger partial charge in [-0.2, -0.15) is 0 Å². The molecule has 7 heteroatoms. The Morgan fingerprint density at radius 3 is 2.70 bits per heavy atom. The summed E-state index contributed by atoms with van der Waals surface area (Å²) in [6, 6.07) is 5.16. The lowest BCUT2D eigenvalue weighted by Crippen LogP contribution is -2.15. The van der Waals surface area contributed by atoms with Gasteiger partial charge in [0.25, 0.3) is 0 Å². The molecule has 0 radical (unpaired) electrons. The zero-order chi connectivity index (χ0) is 14.7. The number of aromatic nitrogens is 2. The summed E-state index contributed by atoms with van der Waals surface area (Å²) in [5, 5.41) is 4.05. The van der Waals surface area contributed by atoms with E-state index >= 15 is 0 Å². The number of hydrogen-bond donors (Lipinski definition) is 0. The first-order valence-electron chi connectivity index (χ1n) is 5.69. The molecule has 0 N–H and O–H groups in total. The molecular formula is C13H13ClN2O4. The summed E-state index contributed by atoms with van der Waals surface area (Å²) < 4.78 is 16.3. The Morgan fingerprint density at radius 1 is 1.40 bits per heavy atom. The summed E-state index contributed by atoms with van der Waals surface area (Å²) in [4.78, 5) is 11.6. The second-order valence-electron chi connectivity index (χ2n) is 3.95. The first kappa shape index (κ1) is 14.2. The van der Waals surface area contributed by atoms with Crippen molar-refractivity contribution in [1.82, 2.24) is 9.72 Å². The maximum atomic E-state index is 11.6. The summed E-state index contributed by atoms with van der Waals surface area (Å²) in [7, 11) is 3.07. The van der Waals surface area contributed by atoms with Crippen LogP contribution in [0.1, 0.15) is 0 Å². The Kier molecular flexibility index (Phi) is 4.14. The number of hydrogen-bond acceptors (Lipinski definition) is 5. The van der Waals surface area contributed by atoms with E-state index in [1.54, 1.807) is 25.3 Å². The van der Waals surface area contributed by atoms with Gasteiger partial charge in [0.15, 0.2) is 17.3 Å². The van der Waals surface area contributed by atoms with Crippen LogP contribution in [0.2, 0.25) is 0 Å². The van der Waals surface area contributed by atoms with Crippen LogP contribution < -0.4 is 15.2 Å². The van der Waals surface area contributed by atoms with Crippen LogP contribution in [0.25, 0.3) is 11.4 Å². The molecule has 0 amide bonds. The summed E-state index contributed by atoms with van der Waals surface area (Å²) >= 11 is 5.74. The third-order valence-electron chi connectivity index (χ3n) is 2.66. The Morgan fingerprint density at radius 2 is 2.10 bits per heavy atom. The van der Waals surface area contributed by atoms with Gasteiger partial charge in [0.1, 0.15) is 0 Å². The van der Waals surface area contributed by atoms with Gasteiger partial charge in [-0.3, -0.25) is 9.09 Å². The minimum atomic E-state index is -0.600. The Hall–Kier alpha value is -2.21. The minimum absolute atomic E-state index is 0.119. The van der Waals surface area contributed by atoms with Gasteiger partial charge in [-0.1, -0.05) is 23.3 Å². The molecule has 0 spiro atoms. The van der Waals surface area contributed by atoms with E-state index < -0.39 is 5.76 Å². The van der Waals surface area contributed by atoms with Crippen LogP contribution in [-0.2, 0) is 6.54 Å². The average Bonchev–Trinajstić information content (AvgIpc) is 2.79. The predicted octanol–water partition coefficient (Wildman–Crippen LogP) is 2.27. The highest BCUT2D eigenvalue weighted by molar-refractivity contribution is 6.29. The van der Waals surface area contributed by atoms with Crippen LogP contribution in [0.3, 0.4) is 0 Å². The Labute approximate surface area is 120 Å². The van der Waals surface area contributed by atoms with Gasteiger partial charge in [-0.05, 0) is 18.2 Å². The van der Waals surface area contributed by atoms with Crippen molar-refractivity contribution >= 4 is 11.6 Å². The standard InChI is InChI=1S/C13H13ClN2O4/c1-8(14)7-16-12(15-20-13(16)17)9-4-5-10(18-2)11(6-9)19-3/h4-6H,1,7H2,2-3H3. The van der Waals surface area contributed by atoms with Gasteiger partial charge in [-0.25, -0.2) is 4.79 Å². The molecule has 0 aliphatic rings. The van der Waals surface area contributed by atoms with Crippen molar-refractivity contribution in [2.24, 2.45) is 0 Å². The van der Waals surface area contributed by atoms with E-state index in [4.69, 9.17) is 21.1 Å². The number of nitrogens with zero attached hydrogens (tertiary/aromatic N) is 2. The molecule has 6 nitrogen and oxygen atoms in total. The molecule has 0 fully saturated rings. The molecule has 0 atom stereocenters. The number of ether oxygens (including phenoxy) is 2. The fourth-order valence-electron chi connectivity index (χ4n) is 1.76. The molecule has 106 valence electrons. The lowest BCUT2D eigenvalue weighted by atomic mass is 10.2. The van der Waals surface area contributed by atoms with Crippen molar-refractivity contribution in [3.05, 3.63) is 40.4 Å². The van der Waals surface area contributed by atoms with E-state index in [0.29, 0.717) is 27.9 Å². The van der Waals surface area contributed by atoms with Crippen LogP contribution in [-0.4, -0.2) is 23.9 Å². The number of methoxy groups -OCH3 is 2. The molecule has 20 heavy (non-hydrogen) atoms. The summed E-state index contributed by atoms with van der Waals surface area (Å²) in [6.45, 7) is 3.68. The van der Waals surface area contributed by atoms with Gasteiger partial charge in [0.05, 0.1) is 20.8 Å². The van der Waals surface area contributed by atoms with Crippen LogP contribution in [0.5, 0.6) is 11.5 Å². The van der Waals surface area contributed by atoms with Crippen LogP contribution in [0.15, 0.2) is 39.1 Å². The first-order valence-corrected chi connectivity index (χ1v) is 6.06. The van der Waals surface area contributed by atoms with Gasteiger partial charge in [0.2, 0.25) is 0 Å². The number of halogens is 1. The van der Waals surface area contributed by atoms with E-state index in [2.05, 4.69) is 16.3 Å². The fourth-order valence-corrected chi connectivity index (χ4v) is 1.88. The largest absolute Gasteiger partial charge is 0.493 e. The van der Waals surface area contributed by atoms with E-state index in [1.807, 2.05) is 0 Å². The van der Waals surface area contributed by atoms with Crippen molar-refractivity contribution < 1.29 is 14.0 Å². The minimum Gasteiger partial charge on any atom is -0.493 e. The highest BCUT2D eigenvalue weighted by Gasteiger charge is 2.15. The summed E-state index contributed by atoms with van der Waals surface area (Å²) in [6.07, 6.45) is 0. The molecule has 2 aromatic rings. The van der Waals surface area contributed by atoms with Crippen LogP contribution in [0.4, 0.5) is 0 Å². The Balaban J connectivity index is 2.52. The normalized spacial score (nSPS) is 10.3. The van der Waals surface area contributed by atoms with E-state index in [-0.39, 0.29) is 6.54 Å². The maximum Gasteiger partial charge on any atom is 0.442 e. The molecule has 1 aromatic heterocycles. The molecule has 1 heterocycles. The van der Waals surface area contributed by atoms with Gasteiger partial charge in [0, 0.05) is 10.6 Å². The van der Waals surface area contributed by atoms with Gasteiger partial charge >= 0.3 is 5.76 Å². The molecule has 0 saturated heterocycles. The number of allylic oxidation sites excluding steroid dienone is 1. The predicted molar refractivity (Wildman–Crippen MR) is 74.3 cm³/mol. The lowest BCUT2D eigenvalue weighted by Gasteiger charge is -2.09. The molecule has 1 aromatic carbocycles. The maximum absolute atomic E-state index is 11.6. The van der Waals surface area contributed by atoms with Crippen molar-refractivity contribution in [2.45, 2.75) is 6.54 Å². The highest BCUT2D eigenvalue weighted by Crippen LogP contribution is 2.31. The fraction of sp³-hybridized carbons (Fsp3) is 0.231. The molecule has 0 bridgehead atoms. The van der Waals surface area contributed by atoms with E-state index in [1.165, 1.54) is 11.7 Å². The summed E-state index contributed by atoms with van der Waals surface area (Å²) in [5.74, 6) is 0.849. The third kappa shape index (κ3) is 2.70. The van der Waals surface area contributed by atoms with Gasteiger partial charge < -0.3 is 9.47 Å². The van der Waals surface area contributed by atoms with Crippen LogP contribution >= 0.6 is 11.6 Å². The van der Waals surface area contributed by atoms with Gasteiger partial charge in [-0.15, -0.1) is 0 Å². The van der Waals surface area contributed by atoms with Crippen molar-refractivity contribution in [1.29, 1.82) is 0 Å². The second kappa shape index (κ2) is 5.83. The van der Waals surface area contributed by atoms with E-state index in [9.17, 15) is 4.79 Å². The Bertz CT molecular complexity index is 690. The number of benzene rings is 1. The molecule has 0 unspecified atom stereocenters. The average molecular weight is 297 g/mol. The topological polar surface area (TPSA) is 66.5 Å². The highest BCUT2D eigenvalue weighted by atomic mass is 35.5. The lowest BCUT2D eigenvalue weighted by molar-refractivity contribution is 0.355. The molecule has 0 aliphatic heterocycles. The summed E-state index contributed by atoms with van der Waals surface area (Å²) in [5.41, 5.74) is 0.645. The van der Waals surface area contributed by atoms with Crippen molar-refractivity contribution in [3.63, 3.8) is 0 Å². The molecular weight excluding hydrogens is 284 g/mol. The van der Waals surface area contributed by atoms with Crippen molar-refractivity contribution in [3.8, 4) is 22.9 Å². The zero-order valence-corrected chi connectivity index (χ0v) is 11.8. The SMILES string of the molecule is C=C(Cl)Cn1c(-c2ccc(OC)c(OC)c2)noc1=O. The van der Waals surface area contributed by atoms with E-state index in [0.717, 1.165) is 0 Å². The number of rotatable bonds is 5. The molecule has 0 saturated carbocycles. The van der Waals surface area contributed by atoms with Crippen molar-refractivity contribution in [2.75, 3.05) is 14.2 Å². The zero-order valence-electron chi connectivity index (χ0n) is 11.1. The monoisotopic (exact) mass is 296 g/mol. The quantitative estimate of drug-likeness (QED) is 0.847. The van der Waals surface area contributed by atoms with Crippen LogP contribution in [0, 0.1) is 0 Å². The molecule has 0 aliphatic carbocycles. The second-order valence-corrected chi connectivity index (χ2v) is 4.48.